The van der Waals surface area contributed by atoms with Crippen molar-refractivity contribution in [3.05, 3.63) is 47.2 Å². The second kappa shape index (κ2) is 8.64. The highest BCUT2D eigenvalue weighted by Gasteiger charge is 2.29. The van der Waals surface area contributed by atoms with E-state index in [0.29, 0.717) is 0 Å². The monoisotopic (exact) mass is 414 g/mol. The molecule has 1 aliphatic heterocycles. The van der Waals surface area contributed by atoms with Crippen molar-refractivity contribution >= 4 is 23.3 Å². The normalized spacial score (nSPS) is 15.4. The molecule has 10 heteroatoms. The maximum Gasteiger partial charge on any atom is 0.422 e. The lowest BCUT2D eigenvalue weighted by molar-refractivity contribution is -0.154. The number of carbonyl (C=O) groups is 1. The topological polar surface area (TPSA) is 67.4 Å². The molecule has 1 fully saturated rings. The first-order chi connectivity index (χ1) is 13.3. The largest absolute Gasteiger partial charge is 0.467 e. The molecule has 0 bridgehead atoms. The number of aromatic nitrogens is 2. The Morgan fingerprint density at radius 2 is 2.04 bits per heavy atom. The third-order valence-electron chi connectivity index (χ3n) is 4.25. The Hall–Kier alpha value is -2.55. The number of hydrogen-bond acceptors (Lipinski definition) is 5. The molecule has 0 aromatic carbocycles. The Bertz CT molecular complexity index is 812. The van der Waals surface area contributed by atoms with Crippen molar-refractivity contribution in [3.63, 3.8) is 0 Å². The number of rotatable bonds is 5. The molecule has 1 saturated heterocycles. The number of amides is 1. The number of anilines is 1. The van der Waals surface area contributed by atoms with Crippen LogP contribution in [0.5, 0.6) is 5.88 Å². The van der Waals surface area contributed by atoms with Gasteiger partial charge in [-0.05, 0) is 31.0 Å². The van der Waals surface area contributed by atoms with E-state index in [9.17, 15) is 18.0 Å². The summed E-state index contributed by atoms with van der Waals surface area (Å²) < 4.78 is 41.2. The molecule has 6 nitrogen and oxygen atoms in total. The van der Waals surface area contributed by atoms with Gasteiger partial charge < -0.3 is 15.0 Å². The van der Waals surface area contributed by atoms with Gasteiger partial charge in [-0.25, -0.2) is 9.97 Å². The Morgan fingerprint density at radius 3 is 2.64 bits per heavy atom. The molecule has 0 saturated carbocycles. The standard InChI is InChI=1S/C18H18ClF3N4O2/c19-14-9-12(10-24-17(14)28-11-18(20,21)22)16(27)25-13-4-7-26(8-5-13)15-3-1-2-6-23-15/h1-3,6,9-10,13H,4-5,7-8,11H2,(H,25,27). The predicted octanol–water partition coefficient (Wildman–Crippen LogP) is 3.47. The minimum absolute atomic E-state index is 0.0209. The number of hydrogen-bond donors (Lipinski definition) is 1. The van der Waals surface area contributed by atoms with Crippen molar-refractivity contribution in [2.24, 2.45) is 0 Å². The van der Waals surface area contributed by atoms with Gasteiger partial charge in [-0.2, -0.15) is 13.2 Å². The van der Waals surface area contributed by atoms with Crippen molar-refractivity contribution in [1.29, 1.82) is 0 Å². The fraction of sp³-hybridized carbons (Fsp3) is 0.389. The van der Waals surface area contributed by atoms with Crippen molar-refractivity contribution < 1.29 is 22.7 Å². The van der Waals surface area contributed by atoms with Crippen LogP contribution in [0.3, 0.4) is 0 Å². The molecular weight excluding hydrogens is 397 g/mol. The van der Waals surface area contributed by atoms with E-state index >= 15 is 0 Å². The summed E-state index contributed by atoms with van der Waals surface area (Å²) in [5, 5.41) is 2.75. The zero-order valence-electron chi connectivity index (χ0n) is 14.7. The highest BCUT2D eigenvalue weighted by molar-refractivity contribution is 6.32. The first-order valence-electron chi connectivity index (χ1n) is 8.64. The summed E-state index contributed by atoms with van der Waals surface area (Å²) in [6.45, 7) is 0.0104. The zero-order valence-corrected chi connectivity index (χ0v) is 15.5. The van der Waals surface area contributed by atoms with E-state index < -0.39 is 12.8 Å². The number of alkyl halides is 3. The molecule has 3 rings (SSSR count). The van der Waals surface area contributed by atoms with Gasteiger partial charge in [-0.15, -0.1) is 0 Å². The predicted molar refractivity (Wildman–Crippen MR) is 97.7 cm³/mol. The molecule has 150 valence electrons. The Kier molecular flexibility index (Phi) is 6.23. The van der Waals surface area contributed by atoms with Crippen LogP contribution in [-0.4, -0.2) is 47.8 Å². The van der Waals surface area contributed by atoms with Crippen molar-refractivity contribution in [2.75, 3.05) is 24.6 Å². The zero-order chi connectivity index (χ0) is 20.1. The first kappa shape index (κ1) is 20.2. The van der Waals surface area contributed by atoms with Crippen LogP contribution < -0.4 is 15.0 Å². The van der Waals surface area contributed by atoms with E-state index in [1.54, 1.807) is 6.20 Å². The van der Waals surface area contributed by atoms with Crippen molar-refractivity contribution in [3.8, 4) is 5.88 Å². The average Bonchev–Trinajstić information content (AvgIpc) is 2.67. The highest BCUT2D eigenvalue weighted by Crippen LogP contribution is 2.25. The summed E-state index contributed by atoms with van der Waals surface area (Å²) in [7, 11) is 0. The summed E-state index contributed by atoms with van der Waals surface area (Å²) in [4.78, 5) is 22.6. The summed E-state index contributed by atoms with van der Waals surface area (Å²) in [5.74, 6) is 0.157. The van der Waals surface area contributed by atoms with Crippen LogP contribution in [0.4, 0.5) is 19.0 Å². The Morgan fingerprint density at radius 1 is 1.29 bits per heavy atom. The van der Waals surface area contributed by atoms with E-state index in [0.717, 1.165) is 37.9 Å². The van der Waals surface area contributed by atoms with Crippen LogP contribution in [0.25, 0.3) is 0 Å². The van der Waals surface area contributed by atoms with E-state index in [2.05, 4.69) is 24.9 Å². The van der Waals surface area contributed by atoms with Crippen LogP contribution in [0.2, 0.25) is 5.02 Å². The molecule has 2 aromatic rings. The lowest BCUT2D eigenvalue weighted by atomic mass is 10.0. The molecule has 2 aromatic heterocycles. The number of carbonyl (C=O) groups excluding carboxylic acids is 1. The van der Waals surface area contributed by atoms with Gasteiger partial charge in [0.15, 0.2) is 6.61 Å². The van der Waals surface area contributed by atoms with Gasteiger partial charge in [0.1, 0.15) is 10.8 Å². The molecule has 1 N–H and O–H groups in total. The third-order valence-corrected chi connectivity index (χ3v) is 4.52. The summed E-state index contributed by atoms with van der Waals surface area (Å²) in [6, 6.07) is 6.95. The van der Waals surface area contributed by atoms with Crippen LogP contribution in [0.15, 0.2) is 36.7 Å². The number of nitrogens with one attached hydrogen (secondary N) is 1. The number of ether oxygens (including phenoxy) is 1. The molecule has 3 heterocycles. The molecule has 0 unspecified atom stereocenters. The molecule has 1 amide bonds. The second-order valence-electron chi connectivity index (χ2n) is 6.34. The van der Waals surface area contributed by atoms with Gasteiger partial charge in [0, 0.05) is 31.5 Å². The molecule has 28 heavy (non-hydrogen) atoms. The highest BCUT2D eigenvalue weighted by atomic mass is 35.5. The second-order valence-corrected chi connectivity index (χ2v) is 6.74. The lowest BCUT2D eigenvalue weighted by Crippen LogP contribution is -2.45. The van der Waals surface area contributed by atoms with Gasteiger partial charge in [0.05, 0.1) is 5.56 Å². The number of halogens is 4. The van der Waals surface area contributed by atoms with E-state index in [1.165, 1.54) is 6.07 Å². The fourth-order valence-corrected chi connectivity index (χ4v) is 3.09. The van der Waals surface area contributed by atoms with Gasteiger partial charge in [0.25, 0.3) is 5.91 Å². The molecule has 0 radical (unpaired) electrons. The number of nitrogens with zero attached hydrogens (tertiary/aromatic N) is 3. The van der Waals surface area contributed by atoms with E-state index in [4.69, 9.17) is 11.6 Å². The molecule has 0 atom stereocenters. The maximum absolute atomic E-state index is 12.4. The van der Waals surface area contributed by atoms with Gasteiger partial charge in [-0.1, -0.05) is 17.7 Å². The smallest absolute Gasteiger partial charge is 0.422 e. The Balaban J connectivity index is 1.53. The molecular formula is C18H18ClF3N4O2. The number of pyridine rings is 2. The lowest BCUT2D eigenvalue weighted by Gasteiger charge is -2.33. The average molecular weight is 415 g/mol. The van der Waals surface area contributed by atoms with E-state index in [1.807, 2.05) is 18.2 Å². The summed E-state index contributed by atoms with van der Waals surface area (Å²) >= 11 is 5.88. The van der Waals surface area contributed by atoms with Crippen molar-refractivity contribution in [2.45, 2.75) is 25.1 Å². The minimum atomic E-state index is -4.49. The maximum atomic E-state index is 12.4. The van der Waals surface area contributed by atoms with Gasteiger partial charge in [-0.3, -0.25) is 4.79 Å². The fourth-order valence-electron chi connectivity index (χ4n) is 2.87. The quantitative estimate of drug-likeness (QED) is 0.811. The molecule has 1 aliphatic rings. The third kappa shape index (κ3) is 5.48. The summed E-state index contributed by atoms with van der Waals surface area (Å²) in [6.07, 6.45) is -0.115. The van der Waals surface area contributed by atoms with E-state index in [-0.39, 0.29) is 28.4 Å². The van der Waals surface area contributed by atoms with Crippen molar-refractivity contribution in [1.82, 2.24) is 15.3 Å². The molecule has 0 spiro atoms. The first-order valence-corrected chi connectivity index (χ1v) is 9.01. The van der Waals surface area contributed by atoms with Crippen LogP contribution >= 0.6 is 11.6 Å². The van der Waals surface area contributed by atoms with Crippen LogP contribution in [0.1, 0.15) is 23.2 Å². The minimum Gasteiger partial charge on any atom is -0.467 e. The summed E-state index contributed by atoms with van der Waals surface area (Å²) in [5.41, 5.74) is 0.163. The van der Waals surface area contributed by atoms with Crippen LogP contribution in [0, 0.1) is 0 Å². The van der Waals surface area contributed by atoms with Crippen LogP contribution in [-0.2, 0) is 0 Å². The van der Waals surface area contributed by atoms with Gasteiger partial charge in [0.2, 0.25) is 5.88 Å². The number of piperidine rings is 1. The molecule has 0 aliphatic carbocycles. The van der Waals surface area contributed by atoms with Gasteiger partial charge >= 0.3 is 6.18 Å². The SMILES string of the molecule is O=C(NC1CCN(c2ccccn2)CC1)c1cnc(OCC(F)(F)F)c(Cl)c1. The Labute approximate surface area is 164 Å².